The summed E-state index contributed by atoms with van der Waals surface area (Å²) >= 11 is 0. The van der Waals surface area contributed by atoms with Gasteiger partial charge in [0.05, 0.1) is 4.90 Å². The van der Waals surface area contributed by atoms with E-state index < -0.39 is 34.5 Å². The zero-order chi connectivity index (χ0) is 26.4. The highest BCUT2D eigenvalue weighted by Gasteiger charge is 2.27. The van der Waals surface area contributed by atoms with Gasteiger partial charge in [0.25, 0.3) is 5.91 Å². The topological polar surface area (TPSA) is 145 Å². The Labute approximate surface area is 215 Å². The van der Waals surface area contributed by atoms with E-state index in [0.717, 1.165) is 25.3 Å². The molecule has 0 radical (unpaired) electrons. The van der Waals surface area contributed by atoms with Crippen LogP contribution in [0.5, 0.6) is 0 Å². The van der Waals surface area contributed by atoms with Crippen molar-refractivity contribution in [2.45, 2.75) is 23.9 Å². The Balaban J connectivity index is 1.34. The fourth-order valence-electron chi connectivity index (χ4n) is 4.08. The maximum atomic E-state index is 12.6. The van der Waals surface area contributed by atoms with Gasteiger partial charge >= 0.3 is 5.97 Å². The van der Waals surface area contributed by atoms with Crippen LogP contribution in [0.1, 0.15) is 17.3 Å². The smallest absolute Gasteiger partial charge is 0.323 e. The van der Waals surface area contributed by atoms with Gasteiger partial charge in [0, 0.05) is 55.9 Å². The number of piperazine rings is 1. The SMILES string of the molecule is C[C@@H]1CN(c2ccc(C(=O)NC[C@H](NS(=O)(=O)c3ccccc3)C(=O)O)cc2)CCN1c1ncccn1. The molecule has 3 N–H and O–H groups in total. The van der Waals surface area contributed by atoms with Crippen molar-refractivity contribution in [3.05, 3.63) is 78.6 Å². The third-order valence-corrected chi connectivity index (χ3v) is 7.53. The molecule has 11 nitrogen and oxygen atoms in total. The third kappa shape index (κ3) is 6.40. The van der Waals surface area contributed by atoms with Crippen molar-refractivity contribution in [3.8, 4) is 0 Å². The maximum Gasteiger partial charge on any atom is 0.323 e. The number of aliphatic carboxylic acids is 1. The Kier molecular flexibility index (Phi) is 7.99. The van der Waals surface area contributed by atoms with Gasteiger partial charge in [-0.25, -0.2) is 18.4 Å². The van der Waals surface area contributed by atoms with Gasteiger partial charge in [-0.2, -0.15) is 4.72 Å². The number of benzene rings is 2. The Bertz CT molecular complexity index is 1320. The van der Waals surface area contributed by atoms with Gasteiger partial charge in [-0.15, -0.1) is 0 Å². The van der Waals surface area contributed by atoms with Gasteiger partial charge in [-0.05, 0) is 49.4 Å². The molecule has 0 bridgehead atoms. The van der Waals surface area contributed by atoms with Crippen LogP contribution in [0.15, 0.2) is 78.0 Å². The van der Waals surface area contributed by atoms with Gasteiger partial charge < -0.3 is 20.2 Å². The molecular weight excluding hydrogens is 496 g/mol. The van der Waals surface area contributed by atoms with Crippen LogP contribution in [0.2, 0.25) is 0 Å². The number of nitrogens with zero attached hydrogens (tertiary/aromatic N) is 4. The molecule has 2 aromatic carbocycles. The molecule has 0 unspecified atom stereocenters. The average Bonchev–Trinajstić information content (AvgIpc) is 2.91. The first kappa shape index (κ1) is 26.0. The van der Waals surface area contributed by atoms with E-state index in [1.807, 2.05) is 12.1 Å². The first-order valence-electron chi connectivity index (χ1n) is 11.7. The van der Waals surface area contributed by atoms with Crippen molar-refractivity contribution in [2.75, 3.05) is 36.0 Å². The van der Waals surface area contributed by atoms with Crippen molar-refractivity contribution in [1.29, 1.82) is 0 Å². The number of sulfonamides is 1. The molecule has 0 aliphatic carbocycles. The van der Waals surface area contributed by atoms with Crippen molar-refractivity contribution in [2.24, 2.45) is 0 Å². The lowest BCUT2D eigenvalue weighted by atomic mass is 10.1. The standard InChI is InChI=1S/C25H28N6O5S/c1-18-17-30(14-15-31(18)25-26-12-5-13-27-25)20-10-8-19(9-11-20)23(32)28-16-22(24(33)34)29-37(35,36)21-6-3-2-4-7-21/h2-13,18,22,29H,14-17H2,1H3,(H,28,32)(H,33,34)/t18-,22+/m1/s1. The Morgan fingerprint density at radius 2 is 1.70 bits per heavy atom. The molecule has 4 rings (SSSR count). The molecule has 0 spiro atoms. The minimum atomic E-state index is -4.06. The monoisotopic (exact) mass is 524 g/mol. The second kappa shape index (κ2) is 11.4. The second-order valence-corrected chi connectivity index (χ2v) is 10.3. The van der Waals surface area contributed by atoms with Crippen LogP contribution in [0.25, 0.3) is 0 Å². The molecule has 194 valence electrons. The third-order valence-electron chi connectivity index (χ3n) is 6.05. The summed E-state index contributed by atoms with van der Waals surface area (Å²) in [5, 5.41) is 12.0. The van der Waals surface area contributed by atoms with Crippen molar-refractivity contribution in [1.82, 2.24) is 20.0 Å². The summed E-state index contributed by atoms with van der Waals surface area (Å²) < 4.78 is 27.1. The van der Waals surface area contributed by atoms with Crippen molar-refractivity contribution >= 4 is 33.5 Å². The number of rotatable bonds is 9. The first-order valence-corrected chi connectivity index (χ1v) is 13.2. The summed E-state index contributed by atoms with van der Waals surface area (Å²) in [6.07, 6.45) is 3.45. The highest BCUT2D eigenvalue weighted by Crippen LogP contribution is 2.22. The largest absolute Gasteiger partial charge is 0.480 e. The number of anilines is 2. The van der Waals surface area contributed by atoms with E-state index in [0.29, 0.717) is 11.5 Å². The molecule has 1 fully saturated rings. The number of hydrogen-bond acceptors (Lipinski definition) is 8. The van der Waals surface area contributed by atoms with Crippen molar-refractivity contribution in [3.63, 3.8) is 0 Å². The highest BCUT2D eigenvalue weighted by atomic mass is 32.2. The molecule has 2 heterocycles. The Morgan fingerprint density at radius 3 is 2.32 bits per heavy atom. The van der Waals surface area contributed by atoms with Crippen LogP contribution in [0.3, 0.4) is 0 Å². The van der Waals surface area contributed by atoms with Crippen LogP contribution in [-0.2, 0) is 14.8 Å². The number of carbonyl (C=O) groups excluding carboxylic acids is 1. The van der Waals surface area contributed by atoms with E-state index >= 15 is 0 Å². The molecule has 0 saturated carbocycles. The quantitative estimate of drug-likeness (QED) is 0.378. The summed E-state index contributed by atoms with van der Waals surface area (Å²) in [6.45, 7) is 3.96. The van der Waals surface area contributed by atoms with E-state index in [-0.39, 0.29) is 10.9 Å². The highest BCUT2D eigenvalue weighted by molar-refractivity contribution is 7.89. The second-order valence-electron chi connectivity index (χ2n) is 8.62. The van der Waals surface area contributed by atoms with Crippen LogP contribution < -0.4 is 19.8 Å². The predicted molar refractivity (Wildman–Crippen MR) is 138 cm³/mol. The molecule has 12 heteroatoms. The fraction of sp³-hybridized carbons (Fsp3) is 0.280. The minimum Gasteiger partial charge on any atom is -0.480 e. The molecule has 1 saturated heterocycles. The molecule has 37 heavy (non-hydrogen) atoms. The van der Waals surface area contributed by atoms with Crippen LogP contribution >= 0.6 is 0 Å². The first-order chi connectivity index (χ1) is 17.7. The van der Waals surface area contributed by atoms with Gasteiger partial charge in [-0.1, -0.05) is 18.2 Å². The molecule has 2 atom stereocenters. The van der Waals surface area contributed by atoms with E-state index in [2.05, 4.69) is 36.7 Å². The van der Waals surface area contributed by atoms with E-state index in [4.69, 9.17) is 0 Å². The van der Waals surface area contributed by atoms with Crippen LogP contribution in [-0.4, -0.2) is 73.6 Å². The lowest BCUT2D eigenvalue weighted by Gasteiger charge is -2.41. The van der Waals surface area contributed by atoms with E-state index in [9.17, 15) is 23.1 Å². The van der Waals surface area contributed by atoms with Crippen LogP contribution in [0.4, 0.5) is 11.6 Å². The van der Waals surface area contributed by atoms with Gasteiger partial charge in [-0.3, -0.25) is 9.59 Å². The normalized spacial score (nSPS) is 16.7. The average molecular weight is 525 g/mol. The number of carboxylic acid groups (broad SMARTS) is 1. The summed E-state index contributed by atoms with van der Waals surface area (Å²) in [7, 11) is -4.06. The number of carboxylic acids is 1. The number of carbonyl (C=O) groups is 2. The van der Waals surface area contributed by atoms with Crippen LogP contribution in [0, 0.1) is 0 Å². The van der Waals surface area contributed by atoms with Crippen molar-refractivity contribution < 1.29 is 23.1 Å². The lowest BCUT2D eigenvalue weighted by Crippen LogP contribution is -2.52. The number of amides is 1. The molecule has 1 aromatic heterocycles. The molecule has 1 amide bonds. The number of nitrogens with one attached hydrogen (secondary N) is 2. The predicted octanol–water partition coefficient (Wildman–Crippen LogP) is 1.35. The Morgan fingerprint density at radius 1 is 1.03 bits per heavy atom. The van der Waals surface area contributed by atoms with Gasteiger partial charge in [0.15, 0.2) is 0 Å². The van der Waals surface area contributed by atoms with Gasteiger partial charge in [0.2, 0.25) is 16.0 Å². The maximum absolute atomic E-state index is 12.6. The van der Waals surface area contributed by atoms with Gasteiger partial charge in [0.1, 0.15) is 6.04 Å². The minimum absolute atomic E-state index is 0.0605. The number of hydrogen-bond donors (Lipinski definition) is 3. The zero-order valence-electron chi connectivity index (χ0n) is 20.2. The zero-order valence-corrected chi connectivity index (χ0v) is 21.0. The molecular formula is C25H28N6O5S. The molecule has 3 aromatic rings. The summed E-state index contributed by atoms with van der Waals surface area (Å²) in [6, 6.07) is 14.9. The Hall–Kier alpha value is -4.03. The summed E-state index contributed by atoms with van der Waals surface area (Å²) in [5.41, 5.74) is 1.29. The summed E-state index contributed by atoms with van der Waals surface area (Å²) in [5.74, 6) is -1.20. The summed E-state index contributed by atoms with van der Waals surface area (Å²) in [4.78, 5) is 37.2. The molecule has 1 aliphatic heterocycles. The van der Waals surface area contributed by atoms with E-state index in [1.165, 1.54) is 24.3 Å². The van der Waals surface area contributed by atoms with E-state index in [1.54, 1.807) is 36.7 Å². The lowest BCUT2D eigenvalue weighted by molar-refractivity contribution is -0.138. The molecule has 1 aliphatic rings. The number of aromatic nitrogens is 2. The fourth-order valence-corrected chi connectivity index (χ4v) is 5.29.